The van der Waals surface area contributed by atoms with Crippen LogP contribution in [0.1, 0.15) is 23.7 Å². The highest BCUT2D eigenvalue weighted by atomic mass is 79.9. The second kappa shape index (κ2) is 8.60. The molecule has 0 radical (unpaired) electrons. The van der Waals surface area contributed by atoms with E-state index in [0.717, 1.165) is 32.7 Å². The number of hydrogen-bond acceptors (Lipinski definition) is 3. The lowest BCUT2D eigenvalue weighted by atomic mass is 10.1. The van der Waals surface area contributed by atoms with Gasteiger partial charge in [0.05, 0.1) is 12.1 Å². The zero-order valence-electron chi connectivity index (χ0n) is 14.9. The molecule has 1 heterocycles. The van der Waals surface area contributed by atoms with E-state index >= 15 is 0 Å². The molecule has 0 saturated carbocycles. The van der Waals surface area contributed by atoms with E-state index in [2.05, 4.69) is 52.1 Å². The van der Waals surface area contributed by atoms with Crippen molar-refractivity contribution < 1.29 is 4.79 Å². The van der Waals surface area contributed by atoms with Crippen molar-refractivity contribution in [3.63, 3.8) is 0 Å². The van der Waals surface area contributed by atoms with Crippen LogP contribution in [0.15, 0.2) is 58.4 Å². The van der Waals surface area contributed by atoms with Crippen LogP contribution in [-0.2, 0) is 24.2 Å². The van der Waals surface area contributed by atoms with E-state index in [0.29, 0.717) is 13.0 Å². The SMILES string of the molecule is CCc1ccc(-c2nc(CC(=O)N(C)Cc3ccc(Br)cc3)cs2)cc1. The van der Waals surface area contributed by atoms with Crippen molar-refractivity contribution >= 4 is 33.2 Å². The van der Waals surface area contributed by atoms with Crippen molar-refractivity contribution in [2.75, 3.05) is 7.05 Å². The Bertz CT molecular complexity index is 872. The van der Waals surface area contributed by atoms with Crippen molar-refractivity contribution in [2.24, 2.45) is 0 Å². The molecule has 5 heteroatoms. The molecular weight excluding hydrogens is 408 g/mol. The third-order valence-corrected chi connectivity index (χ3v) is 5.72. The fourth-order valence-electron chi connectivity index (χ4n) is 2.65. The predicted octanol–water partition coefficient (Wildman–Crippen LogP) is 5.34. The maximum Gasteiger partial charge on any atom is 0.228 e. The highest BCUT2D eigenvalue weighted by Crippen LogP contribution is 2.24. The van der Waals surface area contributed by atoms with E-state index in [4.69, 9.17) is 0 Å². The number of halogens is 1. The lowest BCUT2D eigenvalue weighted by Crippen LogP contribution is -2.27. The Labute approximate surface area is 166 Å². The molecule has 0 bridgehead atoms. The van der Waals surface area contributed by atoms with E-state index < -0.39 is 0 Å². The monoisotopic (exact) mass is 428 g/mol. The first kappa shape index (κ1) is 18.8. The number of nitrogens with zero attached hydrogens (tertiary/aromatic N) is 2. The Morgan fingerprint density at radius 1 is 1.08 bits per heavy atom. The van der Waals surface area contributed by atoms with E-state index in [1.807, 2.05) is 36.7 Å². The van der Waals surface area contributed by atoms with Crippen molar-refractivity contribution in [3.8, 4) is 10.6 Å². The molecule has 3 nitrogen and oxygen atoms in total. The lowest BCUT2D eigenvalue weighted by molar-refractivity contribution is -0.129. The summed E-state index contributed by atoms with van der Waals surface area (Å²) < 4.78 is 1.04. The molecule has 3 aromatic rings. The van der Waals surface area contributed by atoms with Gasteiger partial charge >= 0.3 is 0 Å². The number of benzene rings is 2. The molecule has 134 valence electrons. The number of rotatable bonds is 6. The molecule has 0 unspecified atom stereocenters. The molecule has 0 fully saturated rings. The Hall–Kier alpha value is -1.98. The highest BCUT2D eigenvalue weighted by Gasteiger charge is 2.13. The molecule has 2 aromatic carbocycles. The zero-order valence-corrected chi connectivity index (χ0v) is 17.3. The average Bonchev–Trinajstić information content (AvgIpc) is 3.12. The molecule has 1 amide bonds. The van der Waals surface area contributed by atoms with E-state index in [1.165, 1.54) is 5.56 Å². The number of aryl methyl sites for hydroxylation is 1. The molecule has 0 atom stereocenters. The lowest BCUT2D eigenvalue weighted by Gasteiger charge is -2.16. The van der Waals surface area contributed by atoms with Crippen LogP contribution < -0.4 is 0 Å². The van der Waals surface area contributed by atoms with Crippen LogP contribution in [0.5, 0.6) is 0 Å². The standard InChI is InChI=1S/C21H21BrN2OS/c1-3-15-4-8-17(9-5-15)21-23-19(14-26-21)12-20(25)24(2)13-16-6-10-18(22)11-7-16/h4-11,14H,3,12-13H2,1-2H3. The number of thiazole rings is 1. The summed E-state index contributed by atoms with van der Waals surface area (Å²) >= 11 is 5.01. The summed E-state index contributed by atoms with van der Waals surface area (Å²) in [5, 5.41) is 2.94. The summed E-state index contributed by atoms with van der Waals surface area (Å²) in [5.74, 6) is 0.0751. The summed E-state index contributed by atoms with van der Waals surface area (Å²) in [6.07, 6.45) is 1.36. The van der Waals surface area contributed by atoms with Crippen LogP contribution in [-0.4, -0.2) is 22.8 Å². The Morgan fingerprint density at radius 3 is 2.38 bits per heavy atom. The first-order valence-electron chi connectivity index (χ1n) is 8.57. The predicted molar refractivity (Wildman–Crippen MR) is 111 cm³/mol. The van der Waals surface area contributed by atoms with Gasteiger partial charge in [-0.3, -0.25) is 4.79 Å². The summed E-state index contributed by atoms with van der Waals surface area (Å²) in [5.41, 5.74) is 4.36. The van der Waals surface area contributed by atoms with Crippen molar-refractivity contribution in [1.82, 2.24) is 9.88 Å². The van der Waals surface area contributed by atoms with Gasteiger partial charge in [0.1, 0.15) is 5.01 Å². The molecule has 0 spiro atoms. The molecule has 3 rings (SSSR count). The van der Waals surface area contributed by atoms with Gasteiger partial charge in [-0.2, -0.15) is 0 Å². The number of likely N-dealkylation sites (N-methyl/N-ethyl adjacent to an activating group) is 1. The maximum atomic E-state index is 12.5. The third-order valence-electron chi connectivity index (χ3n) is 4.25. The Kier molecular flexibility index (Phi) is 6.22. The largest absolute Gasteiger partial charge is 0.341 e. The number of amides is 1. The van der Waals surface area contributed by atoms with E-state index in [-0.39, 0.29) is 5.91 Å². The average molecular weight is 429 g/mol. The van der Waals surface area contributed by atoms with Crippen molar-refractivity contribution in [1.29, 1.82) is 0 Å². The quantitative estimate of drug-likeness (QED) is 0.530. The van der Waals surface area contributed by atoms with Crippen LogP contribution in [0.3, 0.4) is 0 Å². The van der Waals surface area contributed by atoms with Gasteiger partial charge in [0, 0.05) is 29.0 Å². The molecule has 0 aliphatic carbocycles. The fraction of sp³-hybridized carbons (Fsp3) is 0.238. The van der Waals surface area contributed by atoms with Gasteiger partial charge in [0.2, 0.25) is 5.91 Å². The smallest absolute Gasteiger partial charge is 0.228 e. The number of hydrogen-bond donors (Lipinski definition) is 0. The van der Waals surface area contributed by atoms with Crippen LogP contribution in [0.4, 0.5) is 0 Å². The molecule has 26 heavy (non-hydrogen) atoms. The fourth-order valence-corrected chi connectivity index (χ4v) is 3.74. The number of carbonyl (C=O) groups is 1. The number of carbonyl (C=O) groups excluding carboxylic acids is 1. The van der Waals surface area contributed by atoms with Crippen LogP contribution in [0.25, 0.3) is 10.6 Å². The van der Waals surface area contributed by atoms with Gasteiger partial charge in [-0.15, -0.1) is 11.3 Å². The molecule has 0 N–H and O–H groups in total. The second-order valence-electron chi connectivity index (χ2n) is 6.25. The first-order chi connectivity index (χ1) is 12.5. The first-order valence-corrected chi connectivity index (χ1v) is 10.2. The summed E-state index contributed by atoms with van der Waals surface area (Å²) in [6.45, 7) is 2.74. The molecule has 0 aliphatic heterocycles. The van der Waals surface area contributed by atoms with E-state index in [1.54, 1.807) is 16.2 Å². The van der Waals surface area contributed by atoms with Crippen LogP contribution >= 0.6 is 27.3 Å². The van der Waals surface area contributed by atoms with Crippen LogP contribution in [0.2, 0.25) is 0 Å². The van der Waals surface area contributed by atoms with Crippen molar-refractivity contribution in [3.05, 3.63) is 75.2 Å². The molecule has 0 aliphatic rings. The molecule has 1 aromatic heterocycles. The zero-order chi connectivity index (χ0) is 18.5. The van der Waals surface area contributed by atoms with Gasteiger partial charge in [-0.25, -0.2) is 4.98 Å². The minimum absolute atomic E-state index is 0.0751. The van der Waals surface area contributed by atoms with Gasteiger partial charge in [-0.1, -0.05) is 59.3 Å². The minimum atomic E-state index is 0.0751. The summed E-state index contributed by atoms with van der Waals surface area (Å²) in [7, 11) is 1.83. The van der Waals surface area contributed by atoms with Gasteiger partial charge < -0.3 is 4.90 Å². The summed E-state index contributed by atoms with van der Waals surface area (Å²) in [6, 6.07) is 16.5. The van der Waals surface area contributed by atoms with Crippen LogP contribution in [0, 0.1) is 0 Å². The number of aromatic nitrogens is 1. The third kappa shape index (κ3) is 4.80. The van der Waals surface area contributed by atoms with Gasteiger partial charge in [0.15, 0.2) is 0 Å². The van der Waals surface area contributed by atoms with Crippen molar-refractivity contribution in [2.45, 2.75) is 26.3 Å². The van der Waals surface area contributed by atoms with Gasteiger partial charge in [0.25, 0.3) is 0 Å². The maximum absolute atomic E-state index is 12.5. The van der Waals surface area contributed by atoms with E-state index in [9.17, 15) is 4.79 Å². The molecular formula is C21H21BrN2OS. The highest BCUT2D eigenvalue weighted by molar-refractivity contribution is 9.10. The molecule has 0 saturated heterocycles. The Balaban J connectivity index is 1.62. The summed E-state index contributed by atoms with van der Waals surface area (Å²) in [4.78, 5) is 18.9. The Morgan fingerprint density at radius 2 is 1.73 bits per heavy atom. The second-order valence-corrected chi connectivity index (χ2v) is 8.02. The normalized spacial score (nSPS) is 10.7. The minimum Gasteiger partial charge on any atom is -0.341 e. The topological polar surface area (TPSA) is 33.2 Å². The van der Waals surface area contributed by atoms with Gasteiger partial charge in [-0.05, 0) is 29.7 Å².